The van der Waals surface area contributed by atoms with Crippen LogP contribution in [0.2, 0.25) is 0 Å². The first-order chi connectivity index (χ1) is 13.5. The van der Waals surface area contributed by atoms with Gasteiger partial charge in [0.05, 0.1) is 4.70 Å². The van der Waals surface area contributed by atoms with Crippen LogP contribution in [0.4, 0.5) is 0 Å². The molecule has 2 aromatic heterocycles. The van der Waals surface area contributed by atoms with Gasteiger partial charge >= 0.3 is 0 Å². The van der Waals surface area contributed by atoms with E-state index in [9.17, 15) is 14.9 Å². The average Bonchev–Trinajstić information content (AvgIpc) is 3.25. The van der Waals surface area contributed by atoms with Crippen molar-refractivity contribution in [3.05, 3.63) is 58.1 Å². The number of hydrogen-bond acceptors (Lipinski definition) is 6. The predicted molar refractivity (Wildman–Crippen MR) is 106 cm³/mol. The standard InChI is InChI=1S/C21H15N3O3S/c1-3-24-20(25)14(12(2)15(11-22)21(24)26)9-18-23-19-17(28-18)10-16(27-19)13-7-5-4-6-8-13/h4-10H,3H2,1-2H3/b14-9-. The number of benzene rings is 1. The molecule has 0 saturated heterocycles. The number of furan rings is 1. The van der Waals surface area contributed by atoms with E-state index in [4.69, 9.17) is 4.42 Å². The number of hydrogen-bond donors (Lipinski definition) is 0. The second-order valence-corrected chi connectivity index (χ2v) is 7.28. The summed E-state index contributed by atoms with van der Waals surface area (Å²) >= 11 is 1.39. The molecule has 4 rings (SSSR count). The molecule has 6 nitrogen and oxygen atoms in total. The highest BCUT2D eigenvalue weighted by Gasteiger charge is 2.34. The van der Waals surface area contributed by atoms with Gasteiger partial charge in [0.25, 0.3) is 11.8 Å². The summed E-state index contributed by atoms with van der Waals surface area (Å²) in [4.78, 5) is 30.5. The van der Waals surface area contributed by atoms with E-state index in [1.165, 1.54) is 11.3 Å². The summed E-state index contributed by atoms with van der Waals surface area (Å²) in [6.45, 7) is 3.51. The fourth-order valence-corrected chi connectivity index (χ4v) is 3.97. The third kappa shape index (κ3) is 2.84. The molecule has 2 amide bonds. The lowest BCUT2D eigenvalue weighted by Gasteiger charge is -2.25. The normalized spacial score (nSPS) is 16.3. The van der Waals surface area contributed by atoms with Crippen molar-refractivity contribution >= 4 is 39.6 Å². The summed E-state index contributed by atoms with van der Waals surface area (Å²) in [6, 6.07) is 13.6. The molecule has 28 heavy (non-hydrogen) atoms. The highest BCUT2D eigenvalue weighted by molar-refractivity contribution is 7.19. The summed E-state index contributed by atoms with van der Waals surface area (Å²) in [5.74, 6) is -0.237. The Balaban J connectivity index is 1.76. The summed E-state index contributed by atoms with van der Waals surface area (Å²) < 4.78 is 6.70. The van der Waals surface area contributed by atoms with Crippen molar-refractivity contribution in [1.82, 2.24) is 9.88 Å². The third-order valence-corrected chi connectivity index (χ3v) is 5.50. The number of fused-ring (bicyclic) bond motifs is 1. The zero-order valence-corrected chi connectivity index (χ0v) is 16.0. The van der Waals surface area contributed by atoms with Crippen LogP contribution >= 0.6 is 11.3 Å². The number of rotatable bonds is 3. The van der Waals surface area contributed by atoms with Gasteiger partial charge in [-0.1, -0.05) is 30.3 Å². The fourth-order valence-electron chi connectivity index (χ4n) is 3.10. The Hall–Kier alpha value is -3.50. The minimum absolute atomic E-state index is 0.0145. The van der Waals surface area contributed by atoms with Gasteiger partial charge in [0.2, 0.25) is 5.71 Å². The Kier molecular flexibility index (Phi) is 4.41. The minimum Gasteiger partial charge on any atom is -0.437 e. The highest BCUT2D eigenvalue weighted by Crippen LogP contribution is 2.33. The summed E-state index contributed by atoms with van der Waals surface area (Å²) in [7, 11) is 0. The maximum Gasteiger partial charge on any atom is 0.271 e. The molecular formula is C21H15N3O3S. The Morgan fingerprint density at radius 1 is 1.25 bits per heavy atom. The molecule has 0 unspecified atom stereocenters. The molecule has 1 aromatic carbocycles. The monoisotopic (exact) mass is 389 g/mol. The molecule has 3 heterocycles. The minimum atomic E-state index is -0.551. The molecule has 0 aliphatic carbocycles. The molecule has 0 spiro atoms. The molecule has 0 atom stereocenters. The summed E-state index contributed by atoms with van der Waals surface area (Å²) in [5, 5.41) is 9.90. The van der Waals surface area contributed by atoms with Crippen molar-refractivity contribution in [1.29, 1.82) is 5.26 Å². The van der Waals surface area contributed by atoms with E-state index < -0.39 is 11.8 Å². The molecule has 3 aromatic rings. The van der Waals surface area contributed by atoms with Crippen LogP contribution in [0.1, 0.15) is 18.9 Å². The molecule has 138 valence electrons. The van der Waals surface area contributed by atoms with Gasteiger partial charge in [-0.25, -0.2) is 4.98 Å². The van der Waals surface area contributed by atoms with Crippen LogP contribution in [0.5, 0.6) is 0 Å². The number of likely N-dealkylation sites (N-methyl/N-ethyl adjacent to an activating group) is 1. The van der Waals surface area contributed by atoms with Gasteiger partial charge in [-0.15, -0.1) is 11.3 Å². The Bertz CT molecular complexity index is 1180. The lowest BCUT2D eigenvalue weighted by molar-refractivity contribution is -0.140. The van der Waals surface area contributed by atoms with Gasteiger partial charge in [-0.2, -0.15) is 5.26 Å². The largest absolute Gasteiger partial charge is 0.437 e. The van der Waals surface area contributed by atoms with Crippen LogP contribution in [0.15, 0.2) is 57.5 Å². The van der Waals surface area contributed by atoms with E-state index in [1.807, 2.05) is 42.5 Å². The van der Waals surface area contributed by atoms with Crippen molar-refractivity contribution in [3.8, 4) is 17.4 Å². The first kappa shape index (κ1) is 17.9. The first-order valence-corrected chi connectivity index (χ1v) is 9.50. The molecule has 1 aliphatic heterocycles. The van der Waals surface area contributed by atoms with Gasteiger partial charge in [-0.05, 0) is 25.5 Å². The van der Waals surface area contributed by atoms with Gasteiger partial charge < -0.3 is 4.42 Å². The van der Waals surface area contributed by atoms with Crippen LogP contribution in [-0.4, -0.2) is 28.2 Å². The SMILES string of the molecule is CCN1C(=O)C(C#N)=C(C)/C(=C/c2nc3oc(-c4ccccc4)cc3s2)C1=O. The summed E-state index contributed by atoms with van der Waals surface area (Å²) in [5.41, 5.74) is 2.12. The second kappa shape index (κ2) is 6.91. The number of imide groups is 1. The quantitative estimate of drug-likeness (QED) is 0.496. The topological polar surface area (TPSA) is 87.2 Å². The Labute approximate surface area is 165 Å². The van der Waals surface area contributed by atoms with E-state index in [2.05, 4.69) is 4.98 Å². The van der Waals surface area contributed by atoms with Crippen molar-refractivity contribution in [3.63, 3.8) is 0 Å². The fraction of sp³-hybridized carbons (Fsp3) is 0.143. The maximum atomic E-state index is 12.7. The molecule has 0 bridgehead atoms. The lowest BCUT2D eigenvalue weighted by Crippen LogP contribution is -2.42. The number of nitriles is 1. The van der Waals surface area contributed by atoms with Gasteiger partial charge in [0.1, 0.15) is 22.4 Å². The maximum absolute atomic E-state index is 12.7. The highest BCUT2D eigenvalue weighted by atomic mass is 32.1. The zero-order valence-electron chi connectivity index (χ0n) is 15.2. The number of nitrogens with zero attached hydrogens (tertiary/aromatic N) is 3. The van der Waals surface area contributed by atoms with Crippen molar-refractivity contribution < 1.29 is 14.0 Å². The second-order valence-electron chi connectivity index (χ2n) is 6.22. The number of amides is 2. The Morgan fingerprint density at radius 2 is 2.00 bits per heavy atom. The first-order valence-electron chi connectivity index (χ1n) is 8.68. The van der Waals surface area contributed by atoms with Gasteiger partial charge in [-0.3, -0.25) is 14.5 Å². The molecule has 1 aliphatic rings. The van der Waals surface area contributed by atoms with Gasteiger partial charge in [0.15, 0.2) is 0 Å². The Morgan fingerprint density at radius 3 is 2.64 bits per heavy atom. The van der Waals surface area contributed by atoms with Crippen LogP contribution in [-0.2, 0) is 9.59 Å². The van der Waals surface area contributed by atoms with Crippen LogP contribution in [0.25, 0.3) is 27.8 Å². The van der Waals surface area contributed by atoms with Crippen LogP contribution < -0.4 is 0 Å². The van der Waals surface area contributed by atoms with E-state index in [-0.39, 0.29) is 12.1 Å². The van der Waals surface area contributed by atoms with E-state index in [1.54, 1.807) is 19.9 Å². The van der Waals surface area contributed by atoms with Crippen molar-refractivity contribution in [2.24, 2.45) is 0 Å². The van der Waals surface area contributed by atoms with Gasteiger partial charge in [0, 0.05) is 23.7 Å². The molecular weight excluding hydrogens is 374 g/mol. The third-order valence-electron chi connectivity index (χ3n) is 4.57. The van der Waals surface area contributed by atoms with Crippen molar-refractivity contribution in [2.75, 3.05) is 6.54 Å². The molecule has 0 saturated carbocycles. The number of thiazole rings is 1. The van der Waals surface area contributed by atoms with Crippen LogP contribution in [0.3, 0.4) is 0 Å². The molecule has 0 radical (unpaired) electrons. The van der Waals surface area contributed by atoms with Crippen LogP contribution in [0, 0.1) is 11.3 Å². The van der Waals surface area contributed by atoms with E-state index in [0.717, 1.165) is 20.9 Å². The average molecular weight is 389 g/mol. The smallest absolute Gasteiger partial charge is 0.271 e. The lowest BCUT2D eigenvalue weighted by atomic mass is 9.95. The van der Waals surface area contributed by atoms with E-state index in [0.29, 0.717) is 21.9 Å². The number of carbonyl (C=O) groups excluding carboxylic acids is 2. The van der Waals surface area contributed by atoms with Crippen molar-refractivity contribution in [2.45, 2.75) is 13.8 Å². The number of carbonyl (C=O) groups is 2. The number of aromatic nitrogens is 1. The zero-order chi connectivity index (χ0) is 19.8. The molecule has 7 heteroatoms. The summed E-state index contributed by atoms with van der Waals surface area (Å²) in [6.07, 6.45) is 1.62. The molecule has 0 fully saturated rings. The predicted octanol–water partition coefficient (Wildman–Crippen LogP) is 4.17. The molecule has 0 N–H and O–H groups in total. The van der Waals surface area contributed by atoms with E-state index >= 15 is 0 Å².